The number of carbonyl (C=O) groups excluding carboxylic acids is 1. The number of methoxy groups -OCH3 is 1. The molecule has 0 fully saturated rings. The number of rotatable bonds is 6. The second kappa shape index (κ2) is 7.17. The van der Waals surface area contributed by atoms with Crippen molar-refractivity contribution in [3.05, 3.63) is 52.7 Å². The molecule has 0 aliphatic rings. The molecule has 1 unspecified atom stereocenters. The van der Waals surface area contributed by atoms with Crippen LogP contribution in [0, 0.1) is 19.7 Å². The molecule has 0 aliphatic heterocycles. The molecule has 0 spiro atoms. The number of nitrogens with zero attached hydrogens (tertiary/aromatic N) is 1. The Morgan fingerprint density at radius 2 is 2.23 bits per heavy atom. The van der Waals surface area contributed by atoms with Crippen molar-refractivity contribution in [3.8, 4) is 0 Å². The standard InChI is InChI=1S/C16H19FN2O3/c1-10-14(11(2)22-19-10)8-16(20)18-9-15(21-3)12-5-4-6-13(17)7-12/h4-7,15H,8-9H2,1-3H3,(H,18,20). The van der Waals surface area contributed by atoms with Crippen LogP contribution < -0.4 is 5.32 Å². The molecule has 2 rings (SSSR count). The maximum absolute atomic E-state index is 13.2. The smallest absolute Gasteiger partial charge is 0.224 e. The van der Waals surface area contributed by atoms with E-state index in [2.05, 4.69) is 10.5 Å². The predicted octanol–water partition coefficient (Wildman–Crippen LogP) is 2.48. The zero-order chi connectivity index (χ0) is 16.1. The molecule has 1 aromatic carbocycles. The van der Waals surface area contributed by atoms with E-state index in [1.54, 1.807) is 26.0 Å². The van der Waals surface area contributed by atoms with Crippen LogP contribution >= 0.6 is 0 Å². The highest BCUT2D eigenvalue weighted by Gasteiger charge is 2.16. The van der Waals surface area contributed by atoms with Crippen molar-refractivity contribution < 1.29 is 18.4 Å². The highest BCUT2D eigenvalue weighted by molar-refractivity contribution is 5.79. The maximum atomic E-state index is 13.2. The number of ether oxygens (including phenoxy) is 1. The van der Waals surface area contributed by atoms with E-state index in [9.17, 15) is 9.18 Å². The van der Waals surface area contributed by atoms with E-state index in [-0.39, 0.29) is 24.7 Å². The summed E-state index contributed by atoms with van der Waals surface area (Å²) in [6, 6.07) is 6.14. The van der Waals surface area contributed by atoms with Gasteiger partial charge in [-0.3, -0.25) is 4.79 Å². The second-order valence-electron chi connectivity index (χ2n) is 5.06. The molecular formula is C16H19FN2O3. The highest BCUT2D eigenvalue weighted by Crippen LogP contribution is 2.17. The summed E-state index contributed by atoms with van der Waals surface area (Å²) < 4.78 is 23.6. The normalized spacial score (nSPS) is 12.2. The first kappa shape index (κ1) is 16.2. The molecule has 1 aromatic heterocycles. The van der Waals surface area contributed by atoms with Gasteiger partial charge in [-0.2, -0.15) is 0 Å². The number of hydrogen-bond donors (Lipinski definition) is 1. The summed E-state index contributed by atoms with van der Waals surface area (Å²) in [5.74, 6) is 0.149. The SMILES string of the molecule is COC(CNC(=O)Cc1c(C)noc1C)c1cccc(F)c1. The monoisotopic (exact) mass is 306 g/mol. The summed E-state index contributed by atoms with van der Waals surface area (Å²) in [4.78, 5) is 12.0. The van der Waals surface area contributed by atoms with Crippen LogP contribution in [-0.4, -0.2) is 24.7 Å². The molecule has 0 radical (unpaired) electrons. The van der Waals surface area contributed by atoms with Gasteiger partial charge < -0.3 is 14.6 Å². The van der Waals surface area contributed by atoms with Crippen molar-refractivity contribution in [2.45, 2.75) is 26.4 Å². The lowest BCUT2D eigenvalue weighted by molar-refractivity contribution is -0.121. The second-order valence-corrected chi connectivity index (χ2v) is 5.06. The summed E-state index contributed by atoms with van der Waals surface area (Å²) in [6.45, 7) is 3.83. The van der Waals surface area contributed by atoms with Gasteiger partial charge in [-0.1, -0.05) is 17.3 Å². The molecule has 0 saturated carbocycles. The Labute approximate surface area is 128 Å². The number of nitrogens with one attached hydrogen (secondary N) is 1. The minimum atomic E-state index is -0.399. The fraction of sp³-hybridized carbons (Fsp3) is 0.375. The number of carbonyl (C=O) groups is 1. The molecule has 1 heterocycles. The van der Waals surface area contributed by atoms with Crippen molar-refractivity contribution in [1.29, 1.82) is 0 Å². The molecule has 1 amide bonds. The Morgan fingerprint density at radius 3 is 2.82 bits per heavy atom. The van der Waals surface area contributed by atoms with Crippen LogP contribution in [0.4, 0.5) is 4.39 Å². The van der Waals surface area contributed by atoms with Crippen LogP contribution in [0.25, 0.3) is 0 Å². The average Bonchev–Trinajstić information content (AvgIpc) is 2.80. The Hall–Kier alpha value is -2.21. The minimum absolute atomic E-state index is 0.159. The highest BCUT2D eigenvalue weighted by atomic mass is 19.1. The lowest BCUT2D eigenvalue weighted by atomic mass is 10.1. The van der Waals surface area contributed by atoms with Crippen molar-refractivity contribution >= 4 is 5.91 Å². The third kappa shape index (κ3) is 3.92. The van der Waals surface area contributed by atoms with Crippen LogP contribution in [0.15, 0.2) is 28.8 Å². The van der Waals surface area contributed by atoms with Crippen LogP contribution in [0.3, 0.4) is 0 Å². The topological polar surface area (TPSA) is 64.4 Å². The third-order valence-corrected chi connectivity index (χ3v) is 3.51. The molecule has 0 saturated heterocycles. The Kier molecular flexibility index (Phi) is 5.27. The molecule has 2 aromatic rings. The molecule has 0 bridgehead atoms. The van der Waals surface area contributed by atoms with Crippen molar-refractivity contribution in [2.75, 3.05) is 13.7 Å². The first-order valence-corrected chi connectivity index (χ1v) is 6.98. The Balaban J connectivity index is 1.94. The van der Waals surface area contributed by atoms with E-state index in [1.807, 2.05) is 0 Å². The Morgan fingerprint density at radius 1 is 1.45 bits per heavy atom. The van der Waals surface area contributed by atoms with E-state index in [1.165, 1.54) is 19.2 Å². The number of amides is 1. The quantitative estimate of drug-likeness (QED) is 0.890. The number of halogens is 1. The summed E-state index contributed by atoms with van der Waals surface area (Å²) in [7, 11) is 1.52. The molecule has 5 nitrogen and oxygen atoms in total. The fourth-order valence-corrected chi connectivity index (χ4v) is 2.23. The van der Waals surface area contributed by atoms with Crippen LogP contribution in [0.2, 0.25) is 0 Å². The van der Waals surface area contributed by atoms with Gasteiger partial charge in [0.1, 0.15) is 11.6 Å². The largest absolute Gasteiger partial charge is 0.375 e. The van der Waals surface area contributed by atoms with E-state index in [0.29, 0.717) is 17.0 Å². The first-order valence-electron chi connectivity index (χ1n) is 6.98. The lowest BCUT2D eigenvalue weighted by Crippen LogP contribution is -2.30. The van der Waals surface area contributed by atoms with Crippen LogP contribution in [-0.2, 0) is 16.0 Å². The van der Waals surface area contributed by atoms with Crippen LogP contribution in [0.1, 0.15) is 28.7 Å². The molecule has 1 N–H and O–H groups in total. The maximum Gasteiger partial charge on any atom is 0.224 e. The van der Waals surface area contributed by atoms with Gasteiger partial charge in [0.05, 0.1) is 18.2 Å². The zero-order valence-electron chi connectivity index (χ0n) is 12.9. The van der Waals surface area contributed by atoms with E-state index >= 15 is 0 Å². The molecule has 6 heteroatoms. The van der Waals surface area contributed by atoms with E-state index in [0.717, 1.165) is 5.56 Å². The first-order chi connectivity index (χ1) is 10.5. The van der Waals surface area contributed by atoms with Gasteiger partial charge in [-0.25, -0.2) is 4.39 Å². The summed E-state index contributed by atoms with van der Waals surface area (Å²) >= 11 is 0. The van der Waals surface area contributed by atoms with Crippen molar-refractivity contribution in [3.63, 3.8) is 0 Å². The van der Waals surface area contributed by atoms with Gasteiger partial charge in [0.2, 0.25) is 5.91 Å². The molecule has 0 aliphatic carbocycles. The van der Waals surface area contributed by atoms with E-state index in [4.69, 9.17) is 9.26 Å². The van der Waals surface area contributed by atoms with Crippen LogP contribution in [0.5, 0.6) is 0 Å². The number of benzene rings is 1. The van der Waals surface area contributed by atoms with Gasteiger partial charge in [-0.05, 0) is 31.5 Å². The van der Waals surface area contributed by atoms with Gasteiger partial charge in [0.25, 0.3) is 0 Å². The predicted molar refractivity (Wildman–Crippen MR) is 78.8 cm³/mol. The number of aryl methyl sites for hydroxylation is 2. The van der Waals surface area contributed by atoms with Gasteiger partial charge >= 0.3 is 0 Å². The Bertz CT molecular complexity index is 635. The molecule has 22 heavy (non-hydrogen) atoms. The summed E-state index contributed by atoms with van der Waals surface area (Å²) in [6.07, 6.45) is -0.204. The van der Waals surface area contributed by atoms with Gasteiger partial charge in [0, 0.05) is 19.2 Å². The van der Waals surface area contributed by atoms with Gasteiger partial charge in [-0.15, -0.1) is 0 Å². The minimum Gasteiger partial charge on any atom is -0.375 e. The summed E-state index contributed by atoms with van der Waals surface area (Å²) in [5, 5.41) is 6.61. The number of aromatic nitrogens is 1. The third-order valence-electron chi connectivity index (χ3n) is 3.51. The zero-order valence-corrected chi connectivity index (χ0v) is 12.9. The van der Waals surface area contributed by atoms with Crippen molar-refractivity contribution in [2.24, 2.45) is 0 Å². The van der Waals surface area contributed by atoms with E-state index < -0.39 is 6.10 Å². The molecular weight excluding hydrogens is 287 g/mol. The fourth-order valence-electron chi connectivity index (χ4n) is 2.23. The molecule has 118 valence electrons. The lowest BCUT2D eigenvalue weighted by Gasteiger charge is -2.16. The molecule has 1 atom stereocenters. The average molecular weight is 306 g/mol. The van der Waals surface area contributed by atoms with Gasteiger partial charge in [0.15, 0.2) is 0 Å². The van der Waals surface area contributed by atoms with Crippen molar-refractivity contribution in [1.82, 2.24) is 10.5 Å². The summed E-state index contributed by atoms with van der Waals surface area (Å²) in [5.41, 5.74) is 2.18. The number of hydrogen-bond acceptors (Lipinski definition) is 4.